The van der Waals surface area contributed by atoms with E-state index in [1.54, 1.807) is 30.5 Å². The molecule has 0 amide bonds. The van der Waals surface area contributed by atoms with Crippen LogP contribution in [0.4, 0.5) is 4.39 Å². The smallest absolute Gasteiger partial charge is 0.348 e. The van der Waals surface area contributed by atoms with Crippen molar-refractivity contribution >= 4 is 17.3 Å². The molecule has 0 saturated carbocycles. The number of halogens is 1. The summed E-state index contributed by atoms with van der Waals surface area (Å²) < 4.78 is 18.1. The van der Waals surface area contributed by atoms with Crippen LogP contribution in [0.5, 0.6) is 0 Å². The molecule has 2 rings (SSSR count). The summed E-state index contributed by atoms with van der Waals surface area (Å²) in [6, 6.07) is 7.97. The van der Waals surface area contributed by atoms with E-state index in [1.807, 2.05) is 0 Å². The highest BCUT2D eigenvalue weighted by Gasteiger charge is 2.15. The molecule has 0 unspecified atom stereocenters. The van der Waals surface area contributed by atoms with Gasteiger partial charge in [-0.25, -0.2) is 9.18 Å². The summed E-state index contributed by atoms with van der Waals surface area (Å²) in [4.78, 5) is 12.2. The molecule has 0 saturated heterocycles. The molecule has 0 aliphatic heterocycles. The van der Waals surface area contributed by atoms with Gasteiger partial charge < -0.3 is 4.74 Å². The van der Waals surface area contributed by atoms with Crippen molar-refractivity contribution < 1.29 is 13.9 Å². The van der Waals surface area contributed by atoms with Crippen LogP contribution in [-0.2, 0) is 4.74 Å². The highest BCUT2D eigenvalue weighted by Crippen LogP contribution is 2.29. The SMILES string of the molecule is CCOC(=O)c1sccc1-c1cccc(F)c1. The van der Waals surface area contributed by atoms with Crippen LogP contribution >= 0.6 is 11.3 Å². The molecule has 0 radical (unpaired) electrons. The Bertz CT molecular complexity index is 534. The maximum Gasteiger partial charge on any atom is 0.348 e. The van der Waals surface area contributed by atoms with Crippen molar-refractivity contribution in [3.8, 4) is 11.1 Å². The van der Waals surface area contributed by atoms with Gasteiger partial charge >= 0.3 is 5.97 Å². The number of benzene rings is 1. The van der Waals surface area contributed by atoms with Crippen molar-refractivity contribution in [3.63, 3.8) is 0 Å². The predicted molar refractivity (Wildman–Crippen MR) is 65.7 cm³/mol. The molecule has 0 atom stereocenters. The highest BCUT2D eigenvalue weighted by atomic mass is 32.1. The van der Waals surface area contributed by atoms with Crippen LogP contribution < -0.4 is 0 Å². The zero-order valence-corrected chi connectivity index (χ0v) is 10.1. The summed E-state index contributed by atoms with van der Waals surface area (Å²) in [6.07, 6.45) is 0. The second-order valence-electron chi connectivity index (χ2n) is 3.39. The molecule has 0 N–H and O–H groups in total. The molecular weight excluding hydrogens is 239 g/mol. The van der Waals surface area contributed by atoms with Gasteiger partial charge in [0, 0.05) is 5.56 Å². The number of esters is 1. The maximum absolute atomic E-state index is 13.1. The third-order valence-corrected chi connectivity index (χ3v) is 3.16. The molecule has 2 nitrogen and oxygen atoms in total. The van der Waals surface area contributed by atoms with E-state index >= 15 is 0 Å². The molecule has 0 aliphatic rings. The molecule has 4 heteroatoms. The van der Waals surface area contributed by atoms with Crippen LogP contribution in [-0.4, -0.2) is 12.6 Å². The standard InChI is InChI=1S/C13H11FO2S/c1-2-16-13(15)12-11(6-7-17-12)9-4-3-5-10(14)8-9/h3-8H,2H2,1H3. The van der Waals surface area contributed by atoms with Gasteiger partial charge in [-0.05, 0) is 36.1 Å². The van der Waals surface area contributed by atoms with Crippen molar-refractivity contribution in [2.45, 2.75) is 6.92 Å². The number of ether oxygens (including phenoxy) is 1. The molecule has 17 heavy (non-hydrogen) atoms. The average molecular weight is 250 g/mol. The van der Waals surface area contributed by atoms with Crippen molar-refractivity contribution in [2.75, 3.05) is 6.61 Å². The van der Waals surface area contributed by atoms with Crippen molar-refractivity contribution in [1.29, 1.82) is 0 Å². The molecule has 1 aromatic heterocycles. The zero-order valence-electron chi connectivity index (χ0n) is 9.27. The Labute approximate surface area is 103 Å². The normalized spacial score (nSPS) is 10.2. The van der Waals surface area contributed by atoms with Gasteiger partial charge in [-0.1, -0.05) is 12.1 Å². The quantitative estimate of drug-likeness (QED) is 0.776. The second-order valence-corrected chi connectivity index (χ2v) is 4.31. The Hall–Kier alpha value is -1.68. The molecule has 1 heterocycles. The van der Waals surface area contributed by atoms with Gasteiger partial charge in [-0.3, -0.25) is 0 Å². The number of carbonyl (C=O) groups excluding carboxylic acids is 1. The lowest BCUT2D eigenvalue weighted by atomic mass is 10.1. The Morgan fingerprint density at radius 1 is 1.41 bits per heavy atom. The van der Waals surface area contributed by atoms with Crippen molar-refractivity contribution in [2.24, 2.45) is 0 Å². The first kappa shape index (κ1) is 11.8. The summed E-state index contributed by atoms with van der Waals surface area (Å²) in [5, 5.41) is 1.80. The first-order valence-electron chi connectivity index (χ1n) is 5.23. The summed E-state index contributed by atoms with van der Waals surface area (Å²) >= 11 is 1.30. The fourth-order valence-electron chi connectivity index (χ4n) is 1.55. The van der Waals surface area contributed by atoms with E-state index in [4.69, 9.17) is 4.74 Å². The fraction of sp³-hybridized carbons (Fsp3) is 0.154. The number of thiophene rings is 1. The molecule has 0 fully saturated rings. The van der Waals surface area contributed by atoms with Gasteiger partial charge in [0.1, 0.15) is 10.7 Å². The van der Waals surface area contributed by atoms with E-state index < -0.39 is 0 Å². The van der Waals surface area contributed by atoms with Crippen LogP contribution in [0.2, 0.25) is 0 Å². The zero-order chi connectivity index (χ0) is 12.3. The molecule has 0 spiro atoms. The van der Waals surface area contributed by atoms with E-state index in [2.05, 4.69) is 0 Å². The molecule has 2 aromatic rings. The summed E-state index contributed by atoms with van der Waals surface area (Å²) in [7, 11) is 0. The lowest BCUT2D eigenvalue weighted by Crippen LogP contribution is -2.03. The molecule has 1 aromatic carbocycles. The van der Waals surface area contributed by atoms with Crippen molar-refractivity contribution in [1.82, 2.24) is 0 Å². The second kappa shape index (κ2) is 5.10. The molecule has 0 aliphatic carbocycles. The Kier molecular flexibility index (Phi) is 3.54. The Morgan fingerprint density at radius 2 is 2.24 bits per heavy atom. The summed E-state index contributed by atoms with van der Waals surface area (Å²) in [5.74, 6) is -0.676. The molecule has 88 valence electrons. The van der Waals surface area contributed by atoms with Crippen LogP contribution in [0.3, 0.4) is 0 Å². The topological polar surface area (TPSA) is 26.3 Å². The van der Waals surface area contributed by atoms with Gasteiger partial charge in [0.25, 0.3) is 0 Å². The van der Waals surface area contributed by atoms with E-state index in [0.29, 0.717) is 22.6 Å². The lowest BCUT2D eigenvalue weighted by Gasteiger charge is -2.03. The maximum atomic E-state index is 13.1. The first-order chi connectivity index (χ1) is 8.22. The highest BCUT2D eigenvalue weighted by molar-refractivity contribution is 7.12. The van der Waals surface area contributed by atoms with Crippen LogP contribution in [0, 0.1) is 5.82 Å². The largest absolute Gasteiger partial charge is 0.462 e. The number of rotatable bonds is 3. The van der Waals surface area contributed by atoms with Crippen molar-refractivity contribution in [3.05, 3.63) is 46.4 Å². The monoisotopic (exact) mass is 250 g/mol. The predicted octanol–water partition coefficient (Wildman–Crippen LogP) is 3.73. The average Bonchev–Trinajstić information content (AvgIpc) is 2.78. The molecule has 0 bridgehead atoms. The number of hydrogen-bond donors (Lipinski definition) is 0. The van der Waals surface area contributed by atoms with E-state index in [0.717, 1.165) is 0 Å². The Balaban J connectivity index is 2.40. The van der Waals surface area contributed by atoms with Crippen LogP contribution in [0.25, 0.3) is 11.1 Å². The summed E-state index contributed by atoms with van der Waals surface area (Å²) in [6.45, 7) is 2.09. The Morgan fingerprint density at radius 3 is 2.94 bits per heavy atom. The summed E-state index contributed by atoms with van der Waals surface area (Å²) in [5.41, 5.74) is 1.40. The fourth-order valence-corrected chi connectivity index (χ4v) is 2.36. The van der Waals surface area contributed by atoms with Gasteiger partial charge in [0.2, 0.25) is 0 Å². The third kappa shape index (κ3) is 2.53. The van der Waals surface area contributed by atoms with E-state index in [-0.39, 0.29) is 11.8 Å². The van der Waals surface area contributed by atoms with Crippen LogP contribution in [0.15, 0.2) is 35.7 Å². The number of hydrogen-bond acceptors (Lipinski definition) is 3. The van der Waals surface area contributed by atoms with Gasteiger partial charge in [-0.2, -0.15) is 0 Å². The minimum atomic E-state index is -0.359. The molecular formula is C13H11FO2S. The van der Waals surface area contributed by atoms with Gasteiger partial charge in [-0.15, -0.1) is 11.3 Å². The first-order valence-corrected chi connectivity index (χ1v) is 6.11. The minimum absolute atomic E-state index is 0.316. The van der Waals surface area contributed by atoms with Gasteiger partial charge in [0.05, 0.1) is 6.61 Å². The minimum Gasteiger partial charge on any atom is -0.462 e. The third-order valence-electron chi connectivity index (χ3n) is 2.26. The van der Waals surface area contributed by atoms with E-state index in [9.17, 15) is 9.18 Å². The lowest BCUT2D eigenvalue weighted by molar-refractivity contribution is 0.0533. The van der Waals surface area contributed by atoms with Crippen LogP contribution in [0.1, 0.15) is 16.6 Å². The van der Waals surface area contributed by atoms with Gasteiger partial charge in [0.15, 0.2) is 0 Å². The van der Waals surface area contributed by atoms with E-state index in [1.165, 1.54) is 23.5 Å². The number of carbonyl (C=O) groups is 1.